The maximum absolute atomic E-state index is 12.9. The van der Waals surface area contributed by atoms with Gasteiger partial charge in [-0.3, -0.25) is 24.6 Å². The van der Waals surface area contributed by atoms with Crippen LogP contribution < -0.4 is 4.90 Å². The van der Waals surface area contributed by atoms with Gasteiger partial charge in [0, 0.05) is 28.2 Å². The molecule has 3 aromatic rings. The van der Waals surface area contributed by atoms with Crippen molar-refractivity contribution in [2.75, 3.05) is 4.90 Å². The summed E-state index contributed by atoms with van der Waals surface area (Å²) < 4.78 is 0. The standard InChI is InChI=1S/C20H12ClN3O5S/c21-12-7-5-11(6-8-12)17(25)15-16(13-3-1-2-4-14(13)24(28)29)23(19(27)18(15)26)20-22-9-10-30-20/h1-10,16,25H/b17-15+/t16-/m1/s1. The first-order chi connectivity index (χ1) is 14.4. The molecule has 1 atom stereocenters. The van der Waals surface area contributed by atoms with Gasteiger partial charge >= 0.3 is 5.91 Å². The molecule has 1 saturated heterocycles. The highest BCUT2D eigenvalue weighted by molar-refractivity contribution is 7.14. The van der Waals surface area contributed by atoms with Crippen LogP contribution in [0.25, 0.3) is 5.76 Å². The number of hydrogen-bond acceptors (Lipinski definition) is 7. The summed E-state index contributed by atoms with van der Waals surface area (Å²) in [5.41, 5.74) is -0.202. The third kappa shape index (κ3) is 3.23. The maximum Gasteiger partial charge on any atom is 0.301 e. The van der Waals surface area contributed by atoms with Gasteiger partial charge in [-0.2, -0.15) is 0 Å². The van der Waals surface area contributed by atoms with Crippen LogP contribution in [0, 0.1) is 10.1 Å². The van der Waals surface area contributed by atoms with Gasteiger partial charge in [0.2, 0.25) is 0 Å². The molecule has 1 N–H and O–H groups in total. The van der Waals surface area contributed by atoms with Crippen molar-refractivity contribution in [3.63, 3.8) is 0 Å². The number of thiazole rings is 1. The second-order valence-electron chi connectivity index (χ2n) is 6.31. The zero-order chi connectivity index (χ0) is 21.4. The average molecular weight is 442 g/mol. The fraction of sp³-hybridized carbons (Fsp3) is 0.0500. The predicted molar refractivity (Wildman–Crippen MR) is 111 cm³/mol. The minimum absolute atomic E-state index is 0.0902. The largest absolute Gasteiger partial charge is 0.507 e. The maximum atomic E-state index is 12.9. The Balaban J connectivity index is 2.00. The molecule has 30 heavy (non-hydrogen) atoms. The normalized spacial score (nSPS) is 18.0. The van der Waals surface area contributed by atoms with E-state index in [1.54, 1.807) is 11.4 Å². The molecule has 1 fully saturated rings. The van der Waals surface area contributed by atoms with Gasteiger partial charge in [-0.05, 0) is 30.3 Å². The van der Waals surface area contributed by atoms with Crippen LogP contribution >= 0.6 is 22.9 Å². The Hall–Kier alpha value is -3.56. The number of nitrogens with zero attached hydrogens (tertiary/aromatic N) is 3. The molecule has 0 unspecified atom stereocenters. The van der Waals surface area contributed by atoms with Crippen molar-refractivity contribution in [3.05, 3.63) is 91.9 Å². The molecular formula is C20H12ClN3O5S. The van der Waals surface area contributed by atoms with Gasteiger partial charge in [0.15, 0.2) is 5.13 Å². The van der Waals surface area contributed by atoms with Gasteiger partial charge < -0.3 is 5.11 Å². The molecular weight excluding hydrogens is 430 g/mol. The van der Waals surface area contributed by atoms with Crippen molar-refractivity contribution in [3.8, 4) is 0 Å². The van der Waals surface area contributed by atoms with Gasteiger partial charge in [-0.1, -0.05) is 23.7 Å². The highest BCUT2D eigenvalue weighted by Gasteiger charge is 2.49. The Morgan fingerprint density at radius 2 is 1.87 bits per heavy atom. The molecule has 4 rings (SSSR count). The van der Waals surface area contributed by atoms with Gasteiger partial charge in [0.1, 0.15) is 11.8 Å². The summed E-state index contributed by atoms with van der Waals surface area (Å²) in [7, 11) is 0. The first-order valence-corrected chi connectivity index (χ1v) is 9.85. The Morgan fingerprint density at radius 1 is 1.17 bits per heavy atom. The van der Waals surface area contributed by atoms with Crippen LogP contribution in [0.2, 0.25) is 5.02 Å². The van der Waals surface area contributed by atoms with Gasteiger partial charge in [-0.25, -0.2) is 4.98 Å². The second-order valence-corrected chi connectivity index (χ2v) is 7.62. The first-order valence-electron chi connectivity index (χ1n) is 8.60. The number of nitro groups is 1. The lowest BCUT2D eigenvalue weighted by atomic mass is 9.94. The van der Waals surface area contributed by atoms with Gasteiger partial charge in [0.05, 0.1) is 16.1 Å². The number of nitro benzene ring substituents is 1. The molecule has 10 heteroatoms. The third-order valence-electron chi connectivity index (χ3n) is 4.62. The molecule has 1 aliphatic rings. The van der Waals surface area contributed by atoms with Crippen LogP contribution in [-0.4, -0.2) is 26.7 Å². The lowest BCUT2D eigenvalue weighted by Crippen LogP contribution is -2.29. The molecule has 1 amide bonds. The number of benzene rings is 2. The average Bonchev–Trinajstić information content (AvgIpc) is 3.35. The minimum Gasteiger partial charge on any atom is -0.507 e. The number of carbonyl (C=O) groups excluding carboxylic acids is 2. The SMILES string of the molecule is O=C1C(=O)N(c2nccs2)[C@H](c2ccccc2[N+](=O)[O-])/C1=C(\O)c1ccc(Cl)cc1. The highest BCUT2D eigenvalue weighted by Crippen LogP contribution is 2.45. The van der Waals surface area contributed by atoms with Crippen LogP contribution in [0.1, 0.15) is 17.2 Å². The molecule has 0 radical (unpaired) electrons. The van der Waals surface area contributed by atoms with E-state index >= 15 is 0 Å². The summed E-state index contributed by atoms with van der Waals surface area (Å²) in [6.45, 7) is 0. The zero-order valence-corrected chi connectivity index (χ0v) is 16.6. The number of amides is 1. The fourth-order valence-corrected chi connectivity index (χ4v) is 4.10. The van der Waals surface area contributed by atoms with E-state index in [4.69, 9.17) is 11.6 Å². The number of carbonyl (C=O) groups is 2. The summed E-state index contributed by atoms with van der Waals surface area (Å²) in [4.78, 5) is 42.0. The highest BCUT2D eigenvalue weighted by atomic mass is 35.5. The Morgan fingerprint density at radius 3 is 2.50 bits per heavy atom. The number of aromatic nitrogens is 1. The van der Waals surface area contributed by atoms with Crippen molar-refractivity contribution in [1.29, 1.82) is 0 Å². The van der Waals surface area contributed by atoms with Crippen LogP contribution in [0.5, 0.6) is 0 Å². The van der Waals surface area contributed by atoms with Crippen molar-refractivity contribution in [2.45, 2.75) is 6.04 Å². The lowest BCUT2D eigenvalue weighted by molar-refractivity contribution is -0.385. The number of rotatable bonds is 4. The van der Waals surface area contributed by atoms with E-state index in [-0.39, 0.29) is 27.5 Å². The van der Waals surface area contributed by atoms with Crippen LogP contribution in [-0.2, 0) is 9.59 Å². The fourth-order valence-electron chi connectivity index (χ4n) is 3.31. The van der Waals surface area contributed by atoms with Crippen molar-refractivity contribution < 1.29 is 19.6 Å². The molecule has 0 aliphatic carbocycles. The van der Waals surface area contributed by atoms with E-state index in [2.05, 4.69) is 4.98 Å². The summed E-state index contributed by atoms with van der Waals surface area (Å²) in [6, 6.07) is 10.6. The molecule has 1 aliphatic heterocycles. The number of aliphatic hydroxyl groups is 1. The number of hydrogen-bond donors (Lipinski definition) is 1. The number of Topliss-reactive ketones (excluding diaryl/α,β-unsaturated/α-hetero) is 1. The smallest absolute Gasteiger partial charge is 0.301 e. The zero-order valence-electron chi connectivity index (χ0n) is 15.1. The molecule has 0 saturated carbocycles. The van der Waals surface area contributed by atoms with E-state index in [1.807, 2.05) is 0 Å². The van der Waals surface area contributed by atoms with Gasteiger partial charge in [-0.15, -0.1) is 11.3 Å². The topological polar surface area (TPSA) is 114 Å². The Kier molecular flexibility index (Phi) is 5.06. The van der Waals surface area contributed by atoms with Crippen molar-refractivity contribution in [1.82, 2.24) is 4.98 Å². The number of halogens is 1. The van der Waals surface area contributed by atoms with Crippen LogP contribution in [0.3, 0.4) is 0 Å². The quantitative estimate of drug-likeness (QED) is 0.212. The Bertz CT molecular complexity index is 1190. The van der Waals surface area contributed by atoms with E-state index in [9.17, 15) is 24.8 Å². The number of para-hydroxylation sites is 1. The third-order valence-corrected chi connectivity index (χ3v) is 5.64. The number of ketones is 1. The van der Waals surface area contributed by atoms with Crippen molar-refractivity contribution >= 4 is 51.2 Å². The molecule has 0 spiro atoms. The first kappa shape index (κ1) is 19.7. The number of anilines is 1. The summed E-state index contributed by atoms with van der Waals surface area (Å²) in [6.07, 6.45) is 1.45. The summed E-state index contributed by atoms with van der Waals surface area (Å²) in [5.74, 6) is -2.34. The minimum atomic E-state index is -1.21. The second kappa shape index (κ2) is 7.69. The predicted octanol–water partition coefficient (Wildman–Crippen LogP) is 4.33. The molecule has 2 heterocycles. The van der Waals surface area contributed by atoms with Crippen LogP contribution in [0.4, 0.5) is 10.8 Å². The van der Waals surface area contributed by atoms with Crippen molar-refractivity contribution in [2.24, 2.45) is 0 Å². The molecule has 8 nitrogen and oxygen atoms in total. The molecule has 150 valence electrons. The van der Waals surface area contributed by atoms with Crippen LogP contribution in [0.15, 0.2) is 65.7 Å². The lowest BCUT2D eigenvalue weighted by Gasteiger charge is -2.22. The monoisotopic (exact) mass is 441 g/mol. The summed E-state index contributed by atoms with van der Waals surface area (Å²) >= 11 is 6.99. The number of aliphatic hydroxyl groups excluding tert-OH is 1. The van der Waals surface area contributed by atoms with E-state index < -0.39 is 28.4 Å². The molecule has 2 aromatic carbocycles. The van der Waals surface area contributed by atoms with E-state index in [0.717, 1.165) is 16.2 Å². The molecule has 0 bridgehead atoms. The molecule has 1 aromatic heterocycles. The Labute approximate surface area is 178 Å². The van der Waals surface area contributed by atoms with E-state index in [1.165, 1.54) is 48.7 Å². The van der Waals surface area contributed by atoms with Gasteiger partial charge in [0.25, 0.3) is 11.5 Å². The van der Waals surface area contributed by atoms with E-state index in [0.29, 0.717) is 5.02 Å². The summed E-state index contributed by atoms with van der Waals surface area (Å²) in [5, 5.41) is 24.8.